The fourth-order valence-electron chi connectivity index (χ4n) is 1.06. The molecule has 64 valence electrons. The van der Waals surface area contributed by atoms with Crippen LogP contribution in [0.5, 0.6) is 0 Å². The lowest BCUT2D eigenvalue weighted by atomic mass is 10.2. The first-order chi connectivity index (χ1) is 5.16. The summed E-state index contributed by atoms with van der Waals surface area (Å²) >= 11 is 5.57. The summed E-state index contributed by atoms with van der Waals surface area (Å²) in [7, 11) is 1.86. The second-order valence-corrected chi connectivity index (χ2v) is 3.54. The van der Waals surface area contributed by atoms with Crippen molar-refractivity contribution in [3.63, 3.8) is 0 Å². The first-order valence-corrected chi connectivity index (χ1v) is 4.53. The molecule has 0 aromatic rings. The summed E-state index contributed by atoms with van der Waals surface area (Å²) in [5, 5.41) is 0. The summed E-state index contributed by atoms with van der Waals surface area (Å²) < 4.78 is 0. The number of carbonyl (C=O) groups is 1. The summed E-state index contributed by atoms with van der Waals surface area (Å²) in [6.07, 6.45) is 2.33. The van der Waals surface area contributed by atoms with Gasteiger partial charge in [0.25, 0.3) is 0 Å². The Morgan fingerprint density at radius 1 is 1.73 bits per heavy atom. The normalized spacial score (nSPS) is 19.5. The molecule has 1 rings (SSSR count). The highest BCUT2D eigenvalue weighted by molar-refractivity contribution is 6.19. The van der Waals surface area contributed by atoms with Crippen LogP contribution in [-0.4, -0.2) is 29.8 Å². The van der Waals surface area contributed by atoms with E-state index in [9.17, 15) is 4.79 Å². The maximum Gasteiger partial charge on any atom is 0.226 e. The number of hydrogen-bond donors (Lipinski definition) is 0. The van der Waals surface area contributed by atoms with Gasteiger partial charge in [-0.05, 0) is 12.8 Å². The molecule has 1 atom stereocenters. The molecular formula is C8H14ClNO. The van der Waals surface area contributed by atoms with Crippen LogP contribution in [0.15, 0.2) is 0 Å². The Morgan fingerprint density at radius 2 is 2.27 bits per heavy atom. The van der Waals surface area contributed by atoms with Crippen molar-refractivity contribution in [2.45, 2.75) is 25.8 Å². The predicted octanol–water partition coefficient (Wildman–Crippen LogP) is 1.48. The Hall–Kier alpha value is -0.240. The average Bonchev–Trinajstić information content (AvgIpc) is 2.82. The van der Waals surface area contributed by atoms with E-state index >= 15 is 0 Å². The number of nitrogens with zero attached hydrogens (tertiary/aromatic N) is 1. The Labute approximate surface area is 72.5 Å². The van der Waals surface area contributed by atoms with Gasteiger partial charge in [-0.1, -0.05) is 6.92 Å². The molecule has 0 N–H and O–H groups in total. The first kappa shape index (κ1) is 8.85. The maximum absolute atomic E-state index is 11.4. The molecule has 1 aliphatic rings. The number of carbonyl (C=O) groups excluding carboxylic acids is 1. The van der Waals surface area contributed by atoms with Crippen molar-refractivity contribution in [3.05, 3.63) is 0 Å². The molecule has 1 aliphatic carbocycles. The van der Waals surface area contributed by atoms with E-state index < -0.39 is 0 Å². The van der Waals surface area contributed by atoms with Crippen LogP contribution in [0.3, 0.4) is 0 Å². The third-order valence-corrected chi connectivity index (χ3v) is 2.56. The first-order valence-electron chi connectivity index (χ1n) is 3.99. The van der Waals surface area contributed by atoms with Crippen LogP contribution < -0.4 is 0 Å². The van der Waals surface area contributed by atoms with E-state index in [2.05, 4.69) is 0 Å². The van der Waals surface area contributed by atoms with Crippen molar-refractivity contribution < 1.29 is 4.79 Å². The highest BCUT2D eigenvalue weighted by Gasteiger charge is 2.31. The maximum atomic E-state index is 11.4. The molecule has 1 unspecified atom stereocenters. The van der Waals surface area contributed by atoms with Crippen molar-refractivity contribution >= 4 is 17.5 Å². The number of amides is 1. The quantitative estimate of drug-likeness (QED) is 0.596. The summed E-state index contributed by atoms with van der Waals surface area (Å²) in [4.78, 5) is 13.2. The molecule has 1 fully saturated rings. The van der Waals surface area contributed by atoms with E-state index in [1.165, 1.54) is 0 Å². The Bertz CT molecular complexity index is 156. The zero-order chi connectivity index (χ0) is 8.43. The standard InChI is InChI=1S/C8H14ClNO/c1-6(5-9)8(11)10(2)7-3-4-7/h6-7H,3-5H2,1-2H3. The lowest BCUT2D eigenvalue weighted by Gasteiger charge is -2.19. The summed E-state index contributed by atoms with van der Waals surface area (Å²) in [6, 6.07) is 0.508. The molecule has 1 saturated carbocycles. The predicted molar refractivity (Wildman–Crippen MR) is 45.7 cm³/mol. The topological polar surface area (TPSA) is 20.3 Å². The number of hydrogen-bond acceptors (Lipinski definition) is 1. The van der Waals surface area contributed by atoms with E-state index in [0.717, 1.165) is 12.8 Å². The van der Waals surface area contributed by atoms with Crippen molar-refractivity contribution in [1.29, 1.82) is 0 Å². The van der Waals surface area contributed by atoms with Gasteiger partial charge in [0.2, 0.25) is 5.91 Å². The largest absolute Gasteiger partial charge is 0.343 e. The molecule has 11 heavy (non-hydrogen) atoms. The van der Waals surface area contributed by atoms with Crippen molar-refractivity contribution in [2.75, 3.05) is 12.9 Å². The van der Waals surface area contributed by atoms with Gasteiger partial charge in [0.15, 0.2) is 0 Å². The third-order valence-electron chi connectivity index (χ3n) is 2.10. The number of alkyl halides is 1. The van der Waals surface area contributed by atoms with E-state index in [1.807, 2.05) is 18.9 Å². The molecule has 1 amide bonds. The molecular weight excluding hydrogens is 162 g/mol. The van der Waals surface area contributed by atoms with Crippen LogP contribution >= 0.6 is 11.6 Å². The zero-order valence-electron chi connectivity index (χ0n) is 7.01. The van der Waals surface area contributed by atoms with Crippen molar-refractivity contribution in [2.24, 2.45) is 5.92 Å². The summed E-state index contributed by atoms with van der Waals surface area (Å²) in [6.45, 7) is 1.87. The summed E-state index contributed by atoms with van der Waals surface area (Å²) in [5.41, 5.74) is 0. The SMILES string of the molecule is CC(CCl)C(=O)N(C)C1CC1. The Morgan fingerprint density at radius 3 is 2.64 bits per heavy atom. The average molecular weight is 176 g/mol. The lowest BCUT2D eigenvalue weighted by Crippen LogP contribution is -2.34. The van der Waals surface area contributed by atoms with E-state index in [4.69, 9.17) is 11.6 Å². The minimum absolute atomic E-state index is 0.0257. The van der Waals surface area contributed by atoms with Gasteiger partial charge in [0.05, 0.1) is 0 Å². The molecule has 0 aromatic heterocycles. The molecule has 0 saturated heterocycles. The molecule has 0 radical (unpaired) electrons. The van der Waals surface area contributed by atoms with Gasteiger partial charge in [-0.2, -0.15) is 0 Å². The van der Waals surface area contributed by atoms with Crippen molar-refractivity contribution in [1.82, 2.24) is 4.90 Å². The second kappa shape index (κ2) is 3.44. The van der Waals surface area contributed by atoms with Crippen LogP contribution in [0.4, 0.5) is 0 Å². The van der Waals surface area contributed by atoms with E-state index in [0.29, 0.717) is 11.9 Å². The van der Waals surface area contributed by atoms with Crippen LogP contribution in [0, 0.1) is 5.92 Å². The van der Waals surface area contributed by atoms with Crippen LogP contribution in [-0.2, 0) is 4.79 Å². The molecule has 0 aliphatic heterocycles. The highest BCUT2D eigenvalue weighted by Crippen LogP contribution is 2.26. The van der Waals surface area contributed by atoms with Gasteiger partial charge in [-0.15, -0.1) is 11.6 Å². The molecule has 3 heteroatoms. The zero-order valence-corrected chi connectivity index (χ0v) is 7.77. The number of halogens is 1. The van der Waals surface area contributed by atoms with Gasteiger partial charge in [0, 0.05) is 24.9 Å². The van der Waals surface area contributed by atoms with Gasteiger partial charge in [-0.3, -0.25) is 4.79 Å². The fraction of sp³-hybridized carbons (Fsp3) is 0.875. The molecule has 0 aromatic carbocycles. The van der Waals surface area contributed by atoms with Gasteiger partial charge in [0.1, 0.15) is 0 Å². The van der Waals surface area contributed by atoms with Gasteiger partial charge in [-0.25, -0.2) is 0 Å². The van der Waals surface area contributed by atoms with Crippen molar-refractivity contribution in [3.8, 4) is 0 Å². The van der Waals surface area contributed by atoms with Crippen LogP contribution in [0.1, 0.15) is 19.8 Å². The lowest BCUT2D eigenvalue weighted by molar-refractivity contribution is -0.133. The molecule has 0 spiro atoms. The minimum Gasteiger partial charge on any atom is -0.343 e. The van der Waals surface area contributed by atoms with Crippen LogP contribution in [0.2, 0.25) is 0 Å². The Balaban J connectivity index is 2.38. The second-order valence-electron chi connectivity index (χ2n) is 3.24. The van der Waals surface area contributed by atoms with Gasteiger partial charge >= 0.3 is 0 Å². The summed E-state index contributed by atoms with van der Waals surface area (Å²) in [5.74, 6) is 0.584. The molecule has 2 nitrogen and oxygen atoms in total. The fourth-order valence-corrected chi connectivity index (χ4v) is 1.19. The minimum atomic E-state index is -0.0257. The highest BCUT2D eigenvalue weighted by atomic mass is 35.5. The van der Waals surface area contributed by atoms with E-state index in [-0.39, 0.29) is 11.8 Å². The van der Waals surface area contributed by atoms with E-state index in [1.54, 1.807) is 0 Å². The number of rotatable bonds is 3. The van der Waals surface area contributed by atoms with Gasteiger partial charge < -0.3 is 4.90 Å². The third kappa shape index (κ3) is 2.09. The molecule has 0 bridgehead atoms. The Kier molecular flexibility index (Phi) is 2.77. The molecule has 0 heterocycles. The monoisotopic (exact) mass is 175 g/mol. The smallest absolute Gasteiger partial charge is 0.226 e. The van der Waals surface area contributed by atoms with Crippen LogP contribution in [0.25, 0.3) is 0 Å².